The van der Waals surface area contributed by atoms with Crippen molar-refractivity contribution in [3.63, 3.8) is 0 Å². The standard InChI is InChI=1S/C7H14N2O2/c1-11-5-7(10)9-6-3-2-4-8-6/h6,8H,2-5H2,1H3,(H,9,10). The summed E-state index contributed by atoms with van der Waals surface area (Å²) < 4.78 is 4.67. The molecule has 0 radical (unpaired) electrons. The van der Waals surface area contributed by atoms with Gasteiger partial charge in [-0.1, -0.05) is 0 Å². The molecule has 0 bridgehead atoms. The van der Waals surface area contributed by atoms with E-state index in [9.17, 15) is 4.79 Å². The quantitative estimate of drug-likeness (QED) is 0.580. The van der Waals surface area contributed by atoms with E-state index in [1.54, 1.807) is 0 Å². The third kappa shape index (κ3) is 2.86. The number of methoxy groups -OCH3 is 1. The molecule has 1 aliphatic heterocycles. The minimum absolute atomic E-state index is 0.0492. The predicted molar refractivity (Wildman–Crippen MR) is 41.0 cm³/mol. The van der Waals surface area contributed by atoms with Crippen LogP contribution >= 0.6 is 0 Å². The van der Waals surface area contributed by atoms with Gasteiger partial charge in [-0.3, -0.25) is 10.1 Å². The summed E-state index contributed by atoms with van der Waals surface area (Å²) in [6.07, 6.45) is 2.32. The summed E-state index contributed by atoms with van der Waals surface area (Å²) in [6.45, 7) is 1.15. The van der Waals surface area contributed by atoms with E-state index in [2.05, 4.69) is 15.4 Å². The molecular weight excluding hydrogens is 144 g/mol. The lowest BCUT2D eigenvalue weighted by Crippen LogP contribution is -2.42. The molecule has 1 saturated heterocycles. The van der Waals surface area contributed by atoms with Gasteiger partial charge in [-0.25, -0.2) is 0 Å². The SMILES string of the molecule is COCC(=O)NC1CCCN1. The second-order valence-corrected chi connectivity index (χ2v) is 2.65. The molecule has 0 aromatic rings. The van der Waals surface area contributed by atoms with E-state index in [4.69, 9.17) is 0 Å². The Morgan fingerprint density at radius 2 is 2.64 bits per heavy atom. The number of ether oxygens (including phenoxy) is 1. The summed E-state index contributed by atoms with van der Waals surface area (Å²) in [5.74, 6) is -0.0492. The van der Waals surface area contributed by atoms with Crippen LogP contribution in [0.15, 0.2) is 0 Å². The zero-order chi connectivity index (χ0) is 8.10. The summed E-state index contributed by atoms with van der Waals surface area (Å²) in [4.78, 5) is 10.9. The molecule has 1 amide bonds. The average molecular weight is 158 g/mol. The average Bonchev–Trinajstić information content (AvgIpc) is 2.40. The fraction of sp³-hybridized carbons (Fsp3) is 0.857. The van der Waals surface area contributed by atoms with Crippen molar-refractivity contribution in [2.45, 2.75) is 19.0 Å². The largest absolute Gasteiger partial charge is 0.375 e. The second kappa shape index (κ2) is 4.31. The summed E-state index contributed by atoms with van der Waals surface area (Å²) in [6, 6.07) is 0. The maximum absolute atomic E-state index is 10.9. The summed E-state index contributed by atoms with van der Waals surface area (Å²) in [7, 11) is 1.52. The van der Waals surface area contributed by atoms with Crippen molar-refractivity contribution in [1.29, 1.82) is 0 Å². The van der Waals surface area contributed by atoms with E-state index in [1.165, 1.54) is 7.11 Å². The number of hydrogen-bond donors (Lipinski definition) is 2. The van der Waals surface area contributed by atoms with Gasteiger partial charge in [0.25, 0.3) is 0 Å². The van der Waals surface area contributed by atoms with Gasteiger partial charge in [0.05, 0.1) is 6.17 Å². The molecule has 64 valence electrons. The fourth-order valence-corrected chi connectivity index (χ4v) is 1.17. The van der Waals surface area contributed by atoms with Gasteiger partial charge in [0.15, 0.2) is 0 Å². The maximum Gasteiger partial charge on any atom is 0.247 e. The van der Waals surface area contributed by atoms with Gasteiger partial charge in [0.1, 0.15) is 6.61 Å². The molecule has 0 spiro atoms. The van der Waals surface area contributed by atoms with Crippen LogP contribution in [0.5, 0.6) is 0 Å². The number of carbonyl (C=O) groups is 1. The molecule has 2 N–H and O–H groups in total. The van der Waals surface area contributed by atoms with E-state index in [-0.39, 0.29) is 18.7 Å². The van der Waals surface area contributed by atoms with Crippen LogP contribution in [0.2, 0.25) is 0 Å². The fourth-order valence-electron chi connectivity index (χ4n) is 1.17. The third-order valence-corrected chi connectivity index (χ3v) is 1.67. The van der Waals surface area contributed by atoms with Gasteiger partial charge in [-0.15, -0.1) is 0 Å². The predicted octanol–water partition coefficient (Wildman–Crippen LogP) is -0.541. The highest BCUT2D eigenvalue weighted by atomic mass is 16.5. The molecule has 4 nitrogen and oxygen atoms in total. The Hall–Kier alpha value is -0.610. The Morgan fingerprint density at radius 3 is 3.18 bits per heavy atom. The maximum atomic E-state index is 10.9. The Kier molecular flexibility index (Phi) is 3.32. The van der Waals surface area contributed by atoms with Crippen LogP contribution in [-0.2, 0) is 9.53 Å². The van der Waals surface area contributed by atoms with E-state index in [1.807, 2.05) is 0 Å². The van der Waals surface area contributed by atoms with Gasteiger partial charge >= 0.3 is 0 Å². The molecule has 1 heterocycles. The Morgan fingerprint density at radius 1 is 1.82 bits per heavy atom. The summed E-state index contributed by atoms with van der Waals surface area (Å²) in [5.41, 5.74) is 0. The van der Waals surface area contributed by atoms with E-state index in [0.29, 0.717) is 0 Å². The summed E-state index contributed by atoms with van der Waals surface area (Å²) >= 11 is 0. The van der Waals surface area contributed by atoms with E-state index >= 15 is 0 Å². The molecule has 0 aromatic carbocycles. The van der Waals surface area contributed by atoms with Gasteiger partial charge in [-0.05, 0) is 19.4 Å². The Balaban J connectivity index is 2.13. The molecule has 1 aliphatic rings. The van der Waals surface area contributed by atoms with Gasteiger partial charge in [0.2, 0.25) is 5.91 Å². The van der Waals surface area contributed by atoms with Crippen LogP contribution in [0.1, 0.15) is 12.8 Å². The van der Waals surface area contributed by atoms with Crippen molar-refractivity contribution in [3.05, 3.63) is 0 Å². The van der Waals surface area contributed by atoms with Crippen LogP contribution < -0.4 is 10.6 Å². The van der Waals surface area contributed by atoms with Crippen molar-refractivity contribution in [2.24, 2.45) is 0 Å². The monoisotopic (exact) mass is 158 g/mol. The molecule has 1 rings (SSSR count). The lowest BCUT2D eigenvalue weighted by molar-refractivity contribution is -0.125. The van der Waals surface area contributed by atoms with Crippen molar-refractivity contribution in [1.82, 2.24) is 10.6 Å². The molecule has 0 aromatic heterocycles. The normalized spacial score (nSPS) is 23.5. The first kappa shape index (κ1) is 8.49. The van der Waals surface area contributed by atoms with Crippen molar-refractivity contribution in [3.8, 4) is 0 Å². The zero-order valence-corrected chi connectivity index (χ0v) is 6.72. The third-order valence-electron chi connectivity index (χ3n) is 1.67. The highest BCUT2D eigenvalue weighted by Crippen LogP contribution is 2.00. The molecule has 11 heavy (non-hydrogen) atoms. The second-order valence-electron chi connectivity index (χ2n) is 2.65. The number of rotatable bonds is 3. The lowest BCUT2D eigenvalue weighted by atomic mass is 10.3. The van der Waals surface area contributed by atoms with Crippen molar-refractivity contribution in [2.75, 3.05) is 20.3 Å². The number of hydrogen-bond acceptors (Lipinski definition) is 3. The number of amides is 1. The highest BCUT2D eigenvalue weighted by Gasteiger charge is 2.15. The van der Waals surface area contributed by atoms with E-state index in [0.717, 1.165) is 19.4 Å². The van der Waals surface area contributed by atoms with Crippen LogP contribution in [0.4, 0.5) is 0 Å². The van der Waals surface area contributed by atoms with Crippen LogP contribution in [0.25, 0.3) is 0 Å². The van der Waals surface area contributed by atoms with Crippen molar-refractivity contribution >= 4 is 5.91 Å². The van der Waals surface area contributed by atoms with Crippen molar-refractivity contribution < 1.29 is 9.53 Å². The van der Waals surface area contributed by atoms with Gasteiger partial charge < -0.3 is 10.1 Å². The molecule has 1 atom stereocenters. The van der Waals surface area contributed by atoms with Crippen LogP contribution in [0, 0.1) is 0 Å². The topological polar surface area (TPSA) is 50.4 Å². The first-order valence-corrected chi connectivity index (χ1v) is 3.84. The first-order valence-electron chi connectivity index (χ1n) is 3.84. The molecule has 0 aliphatic carbocycles. The molecule has 4 heteroatoms. The number of nitrogens with one attached hydrogen (secondary N) is 2. The Labute approximate surface area is 66.3 Å². The minimum Gasteiger partial charge on any atom is -0.375 e. The molecule has 1 fully saturated rings. The molecular formula is C7H14N2O2. The Bertz CT molecular complexity index is 132. The van der Waals surface area contributed by atoms with Crippen LogP contribution in [0.3, 0.4) is 0 Å². The van der Waals surface area contributed by atoms with Crippen LogP contribution in [-0.4, -0.2) is 32.3 Å². The van der Waals surface area contributed by atoms with Gasteiger partial charge in [0, 0.05) is 7.11 Å². The van der Waals surface area contributed by atoms with Gasteiger partial charge in [-0.2, -0.15) is 0 Å². The highest BCUT2D eigenvalue weighted by molar-refractivity contribution is 5.77. The number of carbonyl (C=O) groups excluding carboxylic acids is 1. The van der Waals surface area contributed by atoms with E-state index < -0.39 is 0 Å². The summed E-state index contributed by atoms with van der Waals surface area (Å²) in [5, 5.41) is 5.96. The minimum atomic E-state index is -0.0492. The zero-order valence-electron chi connectivity index (χ0n) is 6.72. The molecule has 0 saturated carbocycles. The smallest absolute Gasteiger partial charge is 0.247 e. The molecule has 1 unspecified atom stereocenters. The first-order chi connectivity index (χ1) is 5.33. The lowest BCUT2D eigenvalue weighted by Gasteiger charge is -2.11.